The summed E-state index contributed by atoms with van der Waals surface area (Å²) >= 11 is 10.1. The van der Waals surface area contributed by atoms with E-state index in [4.69, 9.17) is 12.2 Å². The smallest absolute Gasteiger partial charge is 0.276 e. The Labute approximate surface area is 183 Å². The number of nitrogens with zero attached hydrogens (tertiary/aromatic N) is 2. The Morgan fingerprint density at radius 2 is 1.93 bits per heavy atom. The molecule has 0 aliphatic heterocycles. The van der Waals surface area contributed by atoms with Crippen LogP contribution in [0, 0.1) is 10.6 Å². The summed E-state index contributed by atoms with van der Waals surface area (Å²) in [7, 11) is 0. The van der Waals surface area contributed by atoms with Gasteiger partial charge in [0.2, 0.25) is 0 Å². The number of benzene rings is 2. The van der Waals surface area contributed by atoms with Gasteiger partial charge in [-0.1, -0.05) is 28.1 Å². The average Bonchev–Trinajstić information content (AvgIpc) is 3.31. The van der Waals surface area contributed by atoms with E-state index >= 15 is 0 Å². The molecule has 9 heteroatoms. The van der Waals surface area contributed by atoms with E-state index in [1.54, 1.807) is 22.9 Å². The summed E-state index contributed by atoms with van der Waals surface area (Å²) in [6, 6.07) is 13.8. The fourth-order valence-electron chi connectivity index (χ4n) is 2.79. The molecule has 2 N–H and O–H groups in total. The lowest BCUT2D eigenvalue weighted by Crippen LogP contribution is -2.16. The van der Waals surface area contributed by atoms with Crippen LogP contribution < -0.4 is 5.32 Å². The largest absolute Gasteiger partial charge is 0.336 e. The predicted molar refractivity (Wildman–Crippen MR) is 118 cm³/mol. The molecule has 5 nitrogen and oxygen atoms in total. The second-order valence-corrected chi connectivity index (χ2v) is 8.60. The highest BCUT2D eigenvalue weighted by Crippen LogP contribution is 2.23. The highest BCUT2D eigenvalue weighted by atomic mass is 79.9. The van der Waals surface area contributed by atoms with Gasteiger partial charge in [-0.15, -0.1) is 11.3 Å². The molecule has 0 saturated heterocycles. The Morgan fingerprint density at radius 1 is 1.21 bits per heavy atom. The Balaban J connectivity index is 1.52. The quantitative estimate of drug-likeness (QED) is 0.352. The lowest BCUT2D eigenvalue weighted by atomic mass is 10.1. The SMILES string of the molecule is O=C(Nc1ncc(Cc2ccc(Br)cc2)s1)c1c[nH]c(=S)n1-c1ccc(F)cc1. The summed E-state index contributed by atoms with van der Waals surface area (Å²) in [5.41, 5.74) is 2.06. The second kappa shape index (κ2) is 8.40. The van der Waals surface area contributed by atoms with Crippen molar-refractivity contribution in [2.45, 2.75) is 6.42 Å². The van der Waals surface area contributed by atoms with E-state index in [1.165, 1.54) is 29.7 Å². The summed E-state index contributed by atoms with van der Waals surface area (Å²) in [5.74, 6) is -0.714. The number of anilines is 1. The normalized spacial score (nSPS) is 10.8. The highest BCUT2D eigenvalue weighted by molar-refractivity contribution is 9.10. The van der Waals surface area contributed by atoms with Crippen molar-refractivity contribution in [3.05, 3.63) is 92.1 Å². The highest BCUT2D eigenvalue weighted by Gasteiger charge is 2.16. The summed E-state index contributed by atoms with van der Waals surface area (Å²) in [6.45, 7) is 0. The van der Waals surface area contributed by atoms with Crippen LogP contribution in [0.15, 0.2) is 65.4 Å². The van der Waals surface area contributed by atoms with Gasteiger partial charge in [0.15, 0.2) is 9.90 Å². The van der Waals surface area contributed by atoms with E-state index in [1.807, 2.05) is 24.3 Å². The first-order chi connectivity index (χ1) is 14.0. The Morgan fingerprint density at radius 3 is 2.66 bits per heavy atom. The maximum Gasteiger partial charge on any atom is 0.276 e. The molecule has 0 radical (unpaired) electrons. The van der Waals surface area contributed by atoms with E-state index in [2.05, 4.69) is 31.2 Å². The van der Waals surface area contributed by atoms with Crippen LogP contribution in [0.1, 0.15) is 20.9 Å². The number of H-pyrrole nitrogens is 1. The summed E-state index contributed by atoms with van der Waals surface area (Å²) < 4.78 is 16.2. The van der Waals surface area contributed by atoms with E-state index in [9.17, 15) is 9.18 Å². The first kappa shape index (κ1) is 19.7. The zero-order valence-corrected chi connectivity index (χ0v) is 18.1. The standard InChI is InChI=1S/C20H14BrFN4OS2/c21-13-3-1-12(2-4-13)9-16-10-23-19(29-16)25-18(27)17-11-24-20(28)26(17)15-7-5-14(22)6-8-15/h1-8,10-11H,9H2,(H,24,28)(H,23,25,27). The number of carbonyl (C=O) groups excluding carboxylic acids is 1. The summed E-state index contributed by atoms with van der Waals surface area (Å²) in [5, 5.41) is 3.31. The van der Waals surface area contributed by atoms with Crippen molar-refractivity contribution in [1.82, 2.24) is 14.5 Å². The van der Waals surface area contributed by atoms with Crippen LogP contribution in [0.5, 0.6) is 0 Å². The number of carbonyl (C=O) groups is 1. The molecule has 2 aromatic carbocycles. The molecule has 2 heterocycles. The minimum atomic E-state index is -0.358. The van der Waals surface area contributed by atoms with Crippen LogP contribution in [0.3, 0.4) is 0 Å². The number of nitrogens with one attached hydrogen (secondary N) is 2. The summed E-state index contributed by atoms with van der Waals surface area (Å²) in [4.78, 5) is 21.0. The molecule has 0 spiro atoms. The van der Waals surface area contributed by atoms with Gasteiger partial charge in [0, 0.05) is 33.9 Å². The number of aromatic amines is 1. The van der Waals surface area contributed by atoms with Crippen molar-refractivity contribution in [1.29, 1.82) is 0 Å². The van der Waals surface area contributed by atoms with Gasteiger partial charge in [-0.25, -0.2) is 9.37 Å². The van der Waals surface area contributed by atoms with Crippen LogP contribution in [0.2, 0.25) is 0 Å². The molecule has 29 heavy (non-hydrogen) atoms. The van der Waals surface area contributed by atoms with Crippen molar-refractivity contribution in [2.75, 3.05) is 5.32 Å². The van der Waals surface area contributed by atoms with Crippen LogP contribution >= 0.6 is 39.5 Å². The van der Waals surface area contributed by atoms with Crippen LogP contribution in [-0.4, -0.2) is 20.4 Å². The van der Waals surface area contributed by atoms with Gasteiger partial charge in [-0.05, 0) is 54.2 Å². The van der Waals surface area contributed by atoms with E-state index in [0.717, 1.165) is 21.3 Å². The van der Waals surface area contributed by atoms with Crippen molar-refractivity contribution in [3.63, 3.8) is 0 Å². The minimum absolute atomic E-state index is 0.311. The Hall–Kier alpha value is -2.62. The van der Waals surface area contributed by atoms with Crippen molar-refractivity contribution < 1.29 is 9.18 Å². The predicted octanol–water partition coefficient (Wildman–Crippen LogP) is 5.74. The van der Waals surface area contributed by atoms with Gasteiger partial charge in [-0.2, -0.15) is 0 Å². The monoisotopic (exact) mass is 488 g/mol. The van der Waals surface area contributed by atoms with Gasteiger partial charge in [0.25, 0.3) is 5.91 Å². The van der Waals surface area contributed by atoms with Crippen molar-refractivity contribution in [2.24, 2.45) is 0 Å². The van der Waals surface area contributed by atoms with E-state index in [-0.39, 0.29) is 11.7 Å². The van der Waals surface area contributed by atoms with Crippen molar-refractivity contribution >= 4 is 50.5 Å². The fraction of sp³-hybridized carbons (Fsp3) is 0.0500. The van der Waals surface area contributed by atoms with Crippen LogP contribution in [0.4, 0.5) is 9.52 Å². The maximum absolute atomic E-state index is 13.2. The molecule has 4 aromatic rings. The fourth-order valence-corrected chi connectivity index (χ4v) is 4.16. The lowest BCUT2D eigenvalue weighted by Gasteiger charge is -2.07. The lowest BCUT2D eigenvalue weighted by molar-refractivity contribution is 0.102. The van der Waals surface area contributed by atoms with Crippen LogP contribution in [-0.2, 0) is 6.42 Å². The second-order valence-electron chi connectivity index (χ2n) is 6.18. The molecule has 0 aliphatic carbocycles. The number of thiazole rings is 1. The molecule has 2 aromatic heterocycles. The third-order valence-corrected chi connectivity index (χ3v) is 5.90. The zero-order valence-electron chi connectivity index (χ0n) is 14.9. The third kappa shape index (κ3) is 4.52. The molecular formula is C20H14BrFN4OS2. The van der Waals surface area contributed by atoms with Gasteiger partial charge in [-0.3, -0.25) is 14.7 Å². The zero-order chi connectivity index (χ0) is 20.4. The molecule has 0 fully saturated rings. The minimum Gasteiger partial charge on any atom is -0.336 e. The third-order valence-electron chi connectivity index (χ3n) is 4.16. The molecule has 0 unspecified atom stereocenters. The molecule has 146 valence electrons. The van der Waals surface area contributed by atoms with Crippen LogP contribution in [0.25, 0.3) is 5.69 Å². The number of aromatic nitrogens is 3. The van der Waals surface area contributed by atoms with Gasteiger partial charge < -0.3 is 4.98 Å². The van der Waals surface area contributed by atoms with E-state index < -0.39 is 0 Å². The van der Waals surface area contributed by atoms with Gasteiger partial charge >= 0.3 is 0 Å². The molecule has 0 aliphatic rings. The van der Waals surface area contributed by atoms with Gasteiger partial charge in [0.1, 0.15) is 11.5 Å². The number of hydrogen-bond donors (Lipinski definition) is 2. The molecule has 0 atom stereocenters. The first-order valence-corrected chi connectivity index (χ1v) is 10.6. The number of hydrogen-bond acceptors (Lipinski definition) is 4. The first-order valence-electron chi connectivity index (χ1n) is 8.56. The number of amides is 1. The van der Waals surface area contributed by atoms with E-state index in [0.29, 0.717) is 21.3 Å². The molecule has 4 rings (SSSR count). The van der Waals surface area contributed by atoms with Crippen molar-refractivity contribution in [3.8, 4) is 5.69 Å². The molecule has 0 bridgehead atoms. The average molecular weight is 489 g/mol. The molecule has 0 saturated carbocycles. The Bertz CT molecular complexity index is 1210. The number of imidazole rings is 1. The topological polar surface area (TPSA) is 62.7 Å². The van der Waals surface area contributed by atoms with Gasteiger partial charge in [0.05, 0.1) is 0 Å². The number of halogens is 2. The Kier molecular flexibility index (Phi) is 5.70. The maximum atomic E-state index is 13.2. The molecular weight excluding hydrogens is 475 g/mol. The number of rotatable bonds is 5. The summed E-state index contributed by atoms with van der Waals surface area (Å²) in [6.07, 6.45) is 4.01. The molecule has 1 amide bonds.